The minimum absolute atomic E-state index is 0.0914. The van der Waals surface area contributed by atoms with Crippen LogP contribution in [-0.4, -0.2) is 40.7 Å². The van der Waals surface area contributed by atoms with Crippen molar-refractivity contribution >= 4 is 16.6 Å². The fourth-order valence-corrected chi connectivity index (χ4v) is 4.76. The summed E-state index contributed by atoms with van der Waals surface area (Å²) in [5.74, 6) is 0.554. The molecule has 41 heavy (non-hydrogen) atoms. The topological polar surface area (TPSA) is 39.5 Å². The second kappa shape index (κ2) is 13.9. The van der Waals surface area contributed by atoms with Gasteiger partial charge in [0.2, 0.25) is 0 Å². The molecule has 0 atom stereocenters. The fraction of sp³-hybridized carbons (Fsp3) is 0.406. The second-order valence-electron chi connectivity index (χ2n) is 9.93. The summed E-state index contributed by atoms with van der Waals surface area (Å²) < 4.78 is 67.0. The molecule has 1 heterocycles. The lowest BCUT2D eigenvalue weighted by atomic mass is 10.1. The van der Waals surface area contributed by atoms with Crippen molar-refractivity contribution in [2.45, 2.75) is 59.2 Å². The quantitative estimate of drug-likeness (QED) is 0.153. The van der Waals surface area contributed by atoms with Crippen molar-refractivity contribution in [1.29, 1.82) is 0 Å². The Hall–Kier alpha value is -3.59. The number of imidazole rings is 1. The van der Waals surface area contributed by atoms with E-state index in [-0.39, 0.29) is 5.75 Å². The van der Waals surface area contributed by atoms with Crippen molar-refractivity contribution in [3.05, 3.63) is 83.7 Å². The molecule has 0 N–H and O–H groups in total. The smallest absolute Gasteiger partial charge is 0.419 e. The summed E-state index contributed by atoms with van der Waals surface area (Å²) in [6.07, 6.45) is 5.85. The number of hydrogen-bond donors (Lipinski definition) is 0. The van der Waals surface area contributed by atoms with Gasteiger partial charge in [-0.3, -0.25) is 0 Å². The molecule has 1 aliphatic carbocycles. The third-order valence-electron chi connectivity index (χ3n) is 7.07. The first-order chi connectivity index (χ1) is 19.7. The molecular weight excluding hydrogens is 534 g/mol. The first-order valence-corrected chi connectivity index (χ1v) is 14.2. The Labute approximate surface area is 238 Å². The number of aryl methyl sites for hydroxylation is 1. The number of benzene rings is 2. The molecule has 3 aromatic rings. The summed E-state index contributed by atoms with van der Waals surface area (Å²) in [7, 11) is 0. The van der Waals surface area contributed by atoms with Crippen molar-refractivity contribution < 1.29 is 27.0 Å². The number of hydrogen-bond acceptors (Lipinski definition) is 4. The highest BCUT2D eigenvalue weighted by Gasteiger charge is 2.34. The number of halogens is 4. The van der Waals surface area contributed by atoms with Gasteiger partial charge in [-0.1, -0.05) is 39.3 Å². The van der Waals surface area contributed by atoms with E-state index in [1.807, 2.05) is 30.4 Å². The van der Waals surface area contributed by atoms with Crippen molar-refractivity contribution in [2.75, 3.05) is 26.2 Å². The number of unbranched alkanes of at least 4 members (excludes halogenated alkanes) is 1. The first kappa shape index (κ1) is 30.4. The van der Waals surface area contributed by atoms with E-state index in [1.54, 1.807) is 12.2 Å². The predicted molar refractivity (Wildman–Crippen MR) is 154 cm³/mol. The summed E-state index contributed by atoms with van der Waals surface area (Å²) in [5.41, 5.74) is 1.45. The summed E-state index contributed by atoms with van der Waals surface area (Å²) >= 11 is 0. The van der Waals surface area contributed by atoms with Gasteiger partial charge in [-0.05, 0) is 80.4 Å². The Morgan fingerprint density at radius 1 is 0.976 bits per heavy atom. The maximum atomic E-state index is 13.7. The van der Waals surface area contributed by atoms with E-state index < -0.39 is 17.6 Å². The van der Waals surface area contributed by atoms with Gasteiger partial charge in [0.25, 0.3) is 0 Å². The second-order valence-corrected chi connectivity index (χ2v) is 9.93. The summed E-state index contributed by atoms with van der Waals surface area (Å²) in [6.45, 7) is 11.0. The molecule has 5 nitrogen and oxygen atoms in total. The van der Waals surface area contributed by atoms with E-state index in [0.29, 0.717) is 24.9 Å². The van der Waals surface area contributed by atoms with Gasteiger partial charge in [-0.25, -0.2) is 9.37 Å². The Balaban J connectivity index is 1.56. The van der Waals surface area contributed by atoms with Crippen molar-refractivity contribution in [3.63, 3.8) is 0 Å². The number of nitrogens with zero attached hydrogens (tertiary/aromatic N) is 3. The lowest BCUT2D eigenvalue weighted by Gasteiger charge is -2.17. The largest absolute Gasteiger partial charge is 0.493 e. The Morgan fingerprint density at radius 3 is 2.49 bits per heavy atom. The van der Waals surface area contributed by atoms with E-state index in [9.17, 15) is 17.6 Å². The number of ether oxygens (including phenoxy) is 2. The van der Waals surface area contributed by atoms with E-state index in [1.165, 1.54) is 6.07 Å². The van der Waals surface area contributed by atoms with Crippen molar-refractivity contribution in [3.8, 4) is 11.5 Å². The van der Waals surface area contributed by atoms with Crippen LogP contribution in [0.1, 0.15) is 57.8 Å². The molecule has 0 amide bonds. The monoisotopic (exact) mass is 571 g/mol. The average molecular weight is 572 g/mol. The van der Waals surface area contributed by atoms with Crippen molar-refractivity contribution in [2.24, 2.45) is 0 Å². The van der Waals surface area contributed by atoms with E-state index in [2.05, 4.69) is 30.2 Å². The van der Waals surface area contributed by atoms with Crippen LogP contribution in [0.15, 0.2) is 66.5 Å². The minimum atomic E-state index is -4.81. The maximum absolute atomic E-state index is 13.7. The van der Waals surface area contributed by atoms with E-state index in [0.717, 1.165) is 79.7 Å². The summed E-state index contributed by atoms with van der Waals surface area (Å²) in [5, 5.41) is 0. The molecule has 0 fully saturated rings. The van der Waals surface area contributed by atoms with Crippen LogP contribution in [0.4, 0.5) is 17.6 Å². The van der Waals surface area contributed by atoms with Gasteiger partial charge in [0.05, 0.1) is 23.2 Å². The third kappa shape index (κ3) is 7.79. The van der Waals surface area contributed by atoms with E-state index in [4.69, 9.17) is 14.5 Å². The molecule has 0 radical (unpaired) electrons. The van der Waals surface area contributed by atoms with Crippen LogP contribution >= 0.6 is 0 Å². The molecule has 0 saturated heterocycles. The lowest BCUT2D eigenvalue weighted by Crippen LogP contribution is -2.25. The third-order valence-corrected chi connectivity index (χ3v) is 7.07. The molecule has 0 aliphatic heterocycles. The summed E-state index contributed by atoms with van der Waals surface area (Å²) in [6, 6.07) is 8.59. The average Bonchev–Trinajstić information content (AvgIpc) is 3.14. The Bertz CT molecular complexity index is 1420. The van der Waals surface area contributed by atoms with Crippen LogP contribution in [0.5, 0.6) is 11.5 Å². The lowest BCUT2D eigenvalue weighted by molar-refractivity contribution is -0.140. The Kier molecular flexibility index (Phi) is 10.3. The van der Waals surface area contributed by atoms with Crippen molar-refractivity contribution in [1.82, 2.24) is 14.5 Å². The normalized spacial score (nSPS) is 13.9. The number of aromatic nitrogens is 2. The molecule has 1 aromatic heterocycles. The van der Waals surface area contributed by atoms with Crippen LogP contribution in [0.3, 0.4) is 0 Å². The molecule has 220 valence electrons. The zero-order valence-electron chi connectivity index (χ0n) is 23.8. The number of rotatable bonds is 13. The molecule has 0 unspecified atom stereocenters. The van der Waals surface area contributed by atoms with Crippen LogP contribution in [0.25, 0.3) is 16.6 Å². The Morgan fingerprint density at radius 2 is 1.76 bits per heavy atom. The fourth-order valence-electron chi connectivity index (χ4n) is 4.76. The van der Waals surface area contributed by atoms with Crippen LogP contribution < -0.4 is 9.47 Å². The van der Waals surface area contributed by atoms with Crippen LogP contribution in [0, 0.1) is 5.82 Å². The molecular formula is C32H37F4N3O2. The SMILES string of the molecule is CCCCn1c(C2=CC=C(Oc3ccc(F)c(C(F)(F)F)c3)C=CC2)nc2ccc(OCCCN(CC)CC)cc21. The van der Waals surface area contributed by atoms with Gasteiger partial charge in [0.1, 0.15) is 28.9 Å². The molecule has 0 saturated carbocycles. The zero-order chi connectivity index (χ0) is 29.4. The van der Waals surface area contributed by atoms with Gasteiger partial charge in [-0.15, -0.1) is 0 Å². The number of alkyl halides is 3. The van der Waals surface area contributed by atoms with Gasteiger partial charge < -0.3 is 18.9 Å². The molecule has 0 spiro atoms. The van der Waals surface area contributed by atoms with Gasteiger partial charge in [-0.2, -0.15) is 13.2 Å². The van der Waals surface area contributed by atoms with Crippen LogP contribution in [-0.2, 0) is 12.7 Å². The molecule has 2 aromatic carbocycles. The highest BCUT2D eigenvalue weighted by atomic mass is 19.4. The highest BCUT2D eigenvalue weighted by molar-refractivity contribution is 5.82. The number of allylic oxidation sites excluding steroid dienone is 5. The zero-order valence-corrected chi connectivity index (χ0v) is 23.8. The van der Waals surface area contributed by atoms with Crippen LogP contribution in [0.2, 0.25) is 0 Å². The first-order valence-electron chi connectivity index (χ1n) is 14.2. The molecule has 4 rings (SSSR count). The van der Waals surface area contributed by atoms with E-state index >= 15 is 0 Å². The van der Waals surface area contributed by atoms with Gasteiger partial charge in [0.15, 0.2) is 0 Å². The van der Waals surface area contributed by atoms with Gasteiger partial charge in [0, 0.05) is 19.2 Å². The van der Waals surface area contributed by atoms with Gasteiger partial charge >= 0.3 is 6.18 Å². The molecule has 1 aliphatic rings. The molecule has 0 bridgehead atoms. The highest BCUT2D eigenvalue weighted by Crippen LogP contribution is 2.34. The minimum Gasteiger partial charge on any atom is -0.493 e. The standard InChI is InChI=1S/C32H37F4N3O2/c1-4-7-19-39-30-22-25(40-20-9-18-38(5-2)6-3)15-17-29(30)37-31(39)23-10-8-11-24(13-12-23)41-26-14-16-28(33)27(21-26)32(34,35)36/h8,11-17,21-22H,4-7,9-10,18-20H2,1-3H3. The predicted octanol–water partition coefficient (Wildman–Crippen LogP) is 8.41. The summed E-state index contributed by atoms with van der Waals surface area (Å²) in [4.78, 5) is 7.31. The molecule has 9 heteroatoms. The number of fused-ring (bicyclic) bond motifs is 1. The maximum Gasteiger partial charge on any atom is 0.419 e.